The predicted molar refractivity (Wildman–Crippen MR) is 89.6 cm³/mol. The molecule has 1 N–H and O–H groups in total. The minimum absolute atomic E-state index is 0.0390. The molecule has 1 saturated carbocycles. The summed E-state index contributed by atoms with van der Waals surface area (Å²) in [5.41, 5.74) is -0.354. The van der Waals surface area contributed by atoms with Gasteiger partial charge in [-0.3, -0.25) is 9.59 Å². The summed E-state index contributed by atoms with van der Waals surface area (Å²) in [7, 11) is 0. The number of nitrogens with zero attached hydrogens (tertiary/aromatic N) is 1. The van der Waals surface area contributed by atoms with Crippen LogP contribution in [0.1, 0.15) is 57.9 Å². The van der Waals surface area contributed by atoms with Crippen molar-refractivity contribution < 1.29 is 9.59 Å². The van der Waals surface area contributed by atoms with Gasteiger partial charge in [0.25, 0.3) is 0 Å². The van der Waals surface area contributed by atoms with E-state index in [4.69, 9.17) is 0 Å². The van der Waals surface area contributed by atoms with Crippen molar-refractivity contribution in [1.82, 2.24) is 10.2 Å². The fraction of sp³-hybridized carbons (Fsp3) is 0.579. The van der Waals surface area contributed by atoms with Gasteiger partial charge in [-0.25, -0.2) is 0 Å². The Labute approximate surface area is 138 Å². The molecule has 1 aromatic carbocycles. The molecule has 1 spiro atoms. The molecule has 1 aromatic rings. The first kappa shape index (κ1) is 16.0. The minimum Gasteiger partial charge on any atom is -0.340 e. The molecule has 0 radical (unpaired) electrons. The minimum atomic E-state index is -0.783. The Hall–Kier alpha value is -1.84. The van der Waals surface area contributed by atoms with Crippen LogP contribution in [0.15, 0.2) is 30.3 Å². The standard InChI is InChI=1S/C19H26N2O2/c1-3-18(2)17(23)21(14-15-10-6-4-7-11-15)19(16(22)20-18)12-8-5-9-13-19/h4,6-7,10-11H,3,5,8-9,12-14H2,1-2H3,(H,20,22). The molecule has 2 amide bonds. The largest absolute Gasteiger partial charge is 0.340 e. The smallest absolute Gasteiger partial charge is 0.249 e. The molecule has 1 unspecified atom stereocenters. The van der Waals surface area contributed by atoms with E-state index in [-0.39, 0.29) is 11.8 Å². The first-order valence-corrected chi connectivity index (χ1v) is 8.70. The monoisotopic (exact) mass is 314 g/mol. The number of nitrogens with one attached hydrogen (secondary N) is 1. The van der Waals surface area contributed by atoms with E-state index in [1.54, 1.807) is 0 Å². The van der Waals surface area contributed by atoms with Crippen LogP contribution in [0, 0.1) is 0 Å². The van der Waals surface area contributed by atoms with Crippen LogP contribution in [-0.4, -0.2) is 27.8 Å². The SMILES string of the molecule is CCC1(C)NC(=O)C2(CCCCC2)N(Cc2ccccc2)C1=O. The third kappa shape index (κ3) is 2.64. The average Bonchev–Trinajstić information content (AvgIpc) is 2.59. The van der Waals surface area contributed by atoms with Crippen LogP contribution < -0.4 is 5.32 Å². The Kier molecular flexibility index (Phi) is 4.17. The average molecular weight is 314 g/mol. The number of rotatable bonds is 3. The van der Waals surface area contributed by atoms with Crippen LogP contribution in [0.25, 0.3) is 0 Å². The molecule has 2 aliphatic rings. The molecule has 1 heterocycles. The summed E-state index contributed by atoms with van der Waals surface area (Å²) in [6.45, 7) is 4.32. The molecule has 4 heteroatoms. The Morgan fingerprint density at radius 2 is 1.74 bits per heavy atom. The second-order valence-corrected chi connectivity index (χ2v) is 7.11. The van der Waals surface area contributed by atoms with E-state index >= 15 is 0 Å². The molecule has 3 rings (SSSR count). The zero-order valence-corrected chi connectivity index (χ0v) is 14.1. The molecule has 4 nitrogen and oxygen atoms in total. The number of piperazine rings is 1. The summed E-state index contributed by atoms with van der Waals surface area (Å²) in [4.78, 5) is 28.1. The number of hydrogen-bond donors (Lipinski definition) is 1. The first-order valence-electron chi connectivity index (χ1n) is 8.70. The number of benzene rings is 1. The van der Waals surface area contributed by atoms with Crippen molar-refractivity contribution in [2.24, 2.45) is 0 Å². The van der Waals surface area contributed by atoms with E-state index < -0.39 is 11.1 Å². The summed E-state index contributed by atoms with van der Waals surface area (Å²) in [5.74, 6) is 0.0995. The van der Waals surface area contributed by atoms with Gasteiger partial charge in [0.1, 0.15) is 11.1 Å². The maximum Gasteiger partial charge on any atom is 0.249 e. The lowest BCUT2D eigenvalue weighted by Crippen LogP contribution is -2.74. The van der Waals surface area contributed by atoms with Gasteiger partial charge in [0.2, 0.25) is 11.8 Å². The number of carbonyl (C=O) groups is 2. The maximum absolute atomic E-state index is 13.2. The first-order chi connectivity index (χ1) is 11.0. The van der Waals surface area contributed by atoms with Crippen molar-refractivity contribution in [2.75, 3.05) is 0 Å². The van der Waals surface area contributed by atoms with E-state index in [2.05, 4.69) is 5.32 Å². The molecular formula is C19H26N2O2. The quantitative estimate of drug-likeness (QED) is 0.932. The van der Waals surface area contributed by atoms with Gasteiger partial charge < -0.3 is 10.2 Å². The van der Waals surface area contributed by atoms with Crippen LogP contribution >= 0.6 is 0 Å². The zero-order valence-electron chi connectivity index (χ0n) is 14.1. The van der Waals surface area contributed by atoms with Crippen molar-refractivity contribution in [1.29, 1.82) is 0 Å². The van der Waals surface area contributed by atoms with Gasteiger partial charge in [-0.2, -0.15) is 0 Å². The molecule has 1 aliphatic carbocycles. The molecule has 124 valence electrons. The van der Waals surface area contributed by atoms with Crippen molar-refractivity contribution in [3.63, 3.8) is 0 Å². The third-order valence-electron chi connectivity index (χ3n) is 5.62. The highest BCUT2D eigenvalue weighted by atomic mass is 16.2. The summed E-state index contributed by atoms with van der Waals surface area (Å²) < 4.78 is 0. The van der Waals surface area contributed by atoms with Gasteiger partial charge in [0.05, 0.1) is 0 Å². The highest BCUT2D eigenvalue weighted by molar-refractivity contribution is 6.02. The maximum atomic E-state index is 13.2. The van der Waals surface area contributed by atoms with Crippen LogP contribution in [0.5, 0.6) is 0 Å². The zero-order chi connectivity index (χ0) is 16.5. The number of carbonyl (C=O) groups excluding carboxylic acids is 2. The fourth-order valence-electron chi connectivity index (χ4n) is 3.90. The lowest BCUT2D eigenvalue weighted by molar-refractivity contribution is -0.166. The molecule has 0 bridgehead atoms. The molecule has 23 heavy (non-hydrogen) atoms. The predicted octanol–water partition coefficient (Wildman–Crippen LogP) is 3.02. The molecular weight excluding hydrogens is 288 g/mol. The van der Waals surface area contributed by atoms with Gasteiger partial charge in [0, 0.05) is 6.54 Å². The second-order valence-electron chi connectivity index (χ2n) is 7.11. The van der Waals surface area contributed by atoms with Gasteiger partial charge in [-0.05, 0) is 31.7 Å². The Morgan fingerprint density at radius 3 is 2.35 bits per heavy atom. The van der Waals surface area contributed by atoms with Gasteiger partial charge >= 0.3 is 0 Å². The van der Waals surface area contributed by atoms with Gasteiger partial charge in [-0.15, -0.1) is 0 Å². The Morgan fingerprint density at radius 1 is 1.09 bits per heavy atom. The summed E-state index contributed by atoms with van der Waals surface area (Å²) in [6.07, 6.45) is 5.32. The molecule has 0 aromatic heterocycles. The summed E-state index contributed by atoms with van der Waals surface area (Å²) >= 11 is 0. The van der Waals surface area contributed by atoms with Crippen LogP contribution in [0.4, 0.5) is 0 Å². The Bertz CT molecular complexity index is 593. The van der Waals surface area contributed by atoms with Crippen molar-refractivity contribution >= 4 is 11.8 Å². The van der Waals surface area contributed by atoms with E-state index in [0.717, 1.165) is 37.7 Å². The van der Waals surface area contributed by atoms with Crippen LogP contribution in [-0.2, 0) is 16.1 Å². The highest BCUT2D eigenvalue weighted by Crippen LogP contribution is 2.40. The van der Waals surface area contributed by atoms with E-state index in [9.17, 15) is 9.59 Å². The van der Waals surface area contributed by atoms with E-state index in [0.29, 0.717) is 13.0 Å². The fourth-order valence-corrected chi connectivity index (χ4v) is 3.90. The lowest BCUT2D eigenvalue weighted by atomic mass is 9.75. The molecule has 2 fully saturated rings. The molecule has 1 aliphatic heterocycles. The lowest BCUT2D eigenvalue weighted by Gasteiger charge is -2.53. The van der Waals surface area contributed by atoms with Crippen molar-refractivity contribution in [3.8, 4) is 0 Å². The normalized spacial score (nSPS) is 27.1. The third-order valence-corrected chi connectivity index (χ3v) is 5.62. The second kappa shape index (κ2) is 5.99. The molecule has 1 atom stereocenters. The van der Waals surface area contributed by atoms with E-state index in [1.807, 2.05) is 49.1 Å². The van der Waals surface area contributed by atoms with Crippen LogP contribution in [0.2, 0.25) is 0 Å². The van der Waals surface area contributed by atoms with Crippen molar-refractivity contribution in [3.05, 3.63) is 35.9 Å². The van der Waals surface area contributed by atoms with Gasteiger partial charge in [-0.1, -0.05) is 56.5 Å². The topological polar surface area (TPSA) is 49.4 Å². The number of hydrogen-bond acceptors (Lipinski definition) is 2. The number of amides is 2. The highest BCUT2D eigenvalue weighted by Gasteiger charge is 2.56. The molecule has 1 saturated heterocycles. The van der Waals surface area contributed by atoms with E-state index in [1.165, 1.54) is 0 Å². The summed E-state index contributed by atoms with van der Waals surface area (Å²) in [6, 6.07) is 9.99. The van der Waals surface area contributed by atoms with Crippen LogP contribution in [0.3, 0.4) is 0 Å². The Balaban J connectivity index is 1.99. The van der Waals surface area contributed by atoms with Crippen molar-refractivity contribution in [2.45, 2.75) is 70.0 Å². The van der Waals surface area contributed by atoms with Gasteiger partial charge in [0.15, 0.2) is 0 Å². The summed E-state index contributed by atoms with van der Waals surface area (Å²) in [5, 5.41) is 3.04.